The number of non-ortho nitro benzene ring substituents is 1. The topological polar surface area (TPSA) is 133 Å². The lowest BCUT2D eigenvalue weighted by atomic mass is 9.93. The highest BCUT2D eigenvalue weighted by molar-refractivity contribution is 7.89. The van der Waals surface area contributed by atoms with Gasteiger partial charge in [-0.2, -0.15) is 0 Å². The SMILES string of the molecule is CC(C)[Si](OC1CCC(N(C(=O)CN)S(=O)(=O)c2ccc([N+](=O)[O-])cc2)CC1)(C(C)C)C(C)C. The summed E-state index contributed by atoms with van der Waals surface area (Å²) in [4.78, 5) is 22.8. The molecule has 1 aromatic carbocycles. The zero-order valence-corrected chi connectivity index (χ0v) is 22.9. The molecule has 0 bridgehead atoms. The highest BCUT2D eigenvalue weighted by Crippen LogP contribution is 2.44. The lowest BCUT2D eigenvalue weighted by Crippen LogP contribution is -2.52. The molecule has 1 aliphatic rings. The Balaban J connectivity index is 2.25. The van der Waals surface area contributed by atoms with Crippen molar-refractivity contribution in [2.45, 2.75) is 101 Å². The maximum absolute atomic E-state index is 13.3. The summed E-state index contributed by atoms with van der Waals surface area (Å²) in [7, 11) is -6.27. The van der Waals surface area contributed by atoms with Crippen LogP contribution in [0.4, 0.5) is 5.69 Å². The Morgan fingerprint density at radius 3 is 1.91 bits per heavy atom. The number of nitro groups is 1. The molecule has 0 saturated heterocycles. The molecule has 192 valence electrons. The summed E-state index contributed by atoms with van der Waals surface area (Å²) >= 11 is 0. The van der Waals surface area contributed by atoms with Gasteiger partial charge >= 0.3 is 0 Å². The minimum absolute atomic E-state index is 0.0343. The fourth-order valence-electron chi connectivity index (χ4n) is 5.57. The lowest BCUT2D eigenvalue weighted by molar-refractivity contribution is -0.384. The molecule has 0 radical (unpaired) electrons. The van der Waals surface area contributed by atoms with Crippen LogP contribution in [0.1, 0.15) is 67.2 Å². The monoisotopic (exact) mass is 513 g/mol. The van der Waals surface area contributed by atoms with Crippen LogP contribution in [0.15, 0.2) is 29.2 Å². The van der Waals surface area contributed by atoms with Gasteiger partial charge in [-0.1, -0.05) is 41.5 Å². The molecular weight excluding hydrogens is 474 g/mol. The molecule has 1 saturated carbocycles. The van der Waals surface area contributed by atoms with Gasteiger partial charge in [0.15, 0.2) is 0 Å². The van der Waals surface area contributed by atoms with E-state index in [1.165, 1.54) is 0 Å². The zero-order valence-electron chi connectivity index (χ0n) is 21.1. The third-order valence-corrected chi connectivity index (χ3v) is 15.1. The fourth-order valence-corrected chi connectivity index (χ4v) is 12.9. The number of carbonyl (C=O) groups excluding carboxylic acids is 1. The molecule has 0 spiro atoms. The van der Waals surface area contributed by atoms with E-state index in [4.69, 9.17) is 10.2 Å². The van der Waals surface area contributed by atoms with Crippen LogP contribution in [-0.4, -0.2) is 50.6 Å². The summed E-state index contributed by atoms with van der Waals surface area (Å²) in [5, 5.41) is 10.9. The van der Waals surface area contributed by atoms with Crippen molar-refractivity contribution in [2.75, 3.05) is 6.54 Å². The number of hydrogen-bond acceptors (Lipinski definition) is 7. The van der Waals surface area contributed by atoms with Gasteiger partial charge in [0.2, 0.25) is 14.2 Å². The molecule has 1 amide bonds. The largest absolute Gasteiger partial charge is 0.413 e. The second-order valence-corrected chi connectivity index (χ2v) is 17.2. The Bertz CT molecular complexity index is 936. The predicted octanol–water partition coefficient (Wildman–Crippen LogP) is 4.57. The number of nitro benzene ring substituents is 1. The standard InChI is InChI=1S/C23H39N3O6SSi/c1-16(2)34(17(3)4,18(5)6)32-21-11-7-19(8-12-21)25(23(27)15-24)33(30,31)22-13-9-20(10-14-22)26(28)29/h9-10,13-14,16-19,21H,7-8,11-12,15,24H2,1-6H3. The fraction of sp³-hybridized carbons (Fsp3) is 0.696. The molecule has 0 heterocycles. The van der Waals surface area contributed by atoms with Crippen LogP contribution in [0, 0.1) is 10.1 Å². The van der Waals surface area contributed by atoms with Crippen LogP contribution in [0.3, 0.4) is 0 Å². The van der Waals surface area contributed by atoms with Gasteiger partial charge in [-0.25, -0.2) is 12.7 Å². The molecule has 2 N–H and O–H groups in total. The van der Waals surface area contributed by atoms with Gasteiger partial charge in [0.1, 0.15) is 0 Å². The summed E-state index contributed by atoms with van der Waals surface area (Å²) in [5.74, 6) is -0.682. The summed E-state index contributed by atoms with van der Waals surface area (Å²) in [6.45, 7) is 13.0. The van der Waals surface area contributed by atoms with Crippen LogP contribution in [0.5, 0.6) is 0 Å². The first-order valence-electron chi connectivity index (χ1n) is 12.0. The van der Waals surface area contributed by atoms with Crippen LogP contribution >= 0.6 is 0 Å². The number of nitrogens with zero attached hydrogens (tertiary/aromatic N) is 2. The van der Waals surface area contributed by atoms with Crippen LogP contribution < -0.4 is 5.73 Å². The predicted molar refractivity (Wildman–Crippen MR) is 134 cm³/mol. The normalized spacial score (nSPS) is 19.6. The van der Waals surface area contributed by atoms with Gasteiger partial charge in [0.25, 0.3) is 15.7 Å². The Kier molecular flexibility index (Phi) is 9.42. The van der Waals surface area contributed by atoms with Crippen LogP contribution in [0.2, 0.25) is 16.6 Å². The van der Waals surface area contributed by atoms with E-state index in [0.29, 0.717) is 42.3 Å². The number of hydrogen-bond donors (Lipinski definition) is 1. The number of carbonyl (C=O) groups is 1. The van der Waals surface area contributed by atoms with E-state index in [2.05, 4.69) is 41.5 Å². The van der Waals surface area contributed by atoms with Gasteiger partial charge in [0.05, 0.1) is 16.4 Å². The Morgan fingerprint density at radius 1 is 1.06 bits per heavy atom. The average Bonchev–Trinajstić information content (AvgIpc) is 2.77. The molecule has 1 fully saturated rings. The van der Waals surface area contributed by atoms with E-state index >= 15 is 0 Å². The van der Waals surface area contributed by atoms with Gasteiger partial charge in [-0.05, 0) is 54.4 Å². The lowest BCUT2D eigenvalue weighted by Gasteiger charge is -2.46. The number of sulfonamides is 1. The smallest absolute Gasteiger partial charge is 0.269 e. The zero-order chi connectivity index (χ0) is 25.8. The van der Waals surface area contributed by atoms with Crippen molar-refractivity contribution in [3.63, 3.8) is 0 Å². The number of nitrogens with two attached hydrogens (primary N) is 1. The molecule has 0 unspecified atom stereocenters. The summed E-state index contributed by atoms with van der Waals surface area (Å²) in [6.07, 6.45) is 2.33. The summed E-state index contributed by atoms with van der Waals surface area (Å²) in [5.41, 5.74) is 6.69. The highest BCUT2D eigenvalue weighted by Gasteiger charge is 2.47. The van der Waals surface area contributed by atoms with Crippen molar-refractivity contribution >= 4 is 29.9 Å². The number of benzene rings is 1. The third kappa shape index (κ3) is 5.69. The van der Waals surface area contributed by atoms with Crippen molar-refractivity contribution in [1.82, 2.24) is 4.31 Å². The minimum Gasteiger partial charge on any atom is -0.413 e. The first-order chi connectivity index (χ1) is 15.8. The first kappa shape index (κ1) is 28.4. The van der Waals surface area contributed by atoms with E-state index in [1.807, 2.05) is 0 Å². The maximum atomic E-state index is 13.3. The summed E-state index contributed by atoms with van der Waals surface area (Å²) < 4.78 is 34.5. The van der Waals surface area contributed by atoms with Crippen molar-refractivity contribution in [3.8, 4) is 0 Å². The third-order valence-electron chi connectivity index (χ3n) is 7.08. The van der Waals surface area contributed by atoms with E-state index < -0.39 is 41.8 Å². The van der Waals surface area contributed by atoms with Gasteiger partial charge in [0, 0.05) is 24.3 Å². The molecule has 1 aromatic rings. The first-order valence-corrected chi connectivity index (χ1v) is 15.6. The van der Waals surface area contributed by atoms with Crippen molar-refractivity contribution in [3.05, 3.63) is 34.4 Å². The Hall–Kier alpha value is -1.82. The van der Waals surface area contributed by atoms with E-state index in [9.17, 15) is 23.3 Å². The molecule has 1 aliphatic carbocycles. The molecule has 11 heteroatoms. The molecule has 0 atom stereocenters. The highest BCUT2D eigenvalue weighted by atomic mass is 32.2. The second-order valence-electron chi connectivity index (χ2n) is 10.0. The van der Waals surface area contributed by atoms with Gasteiger partial charge in [-0.3, -0.25) is 14.9 Å². The van der Waals surface area contributed by atoms with Crippen molar-refractivity contribution in [1.29, 1.82) is 0 Å². The molecular formula is C23H39N3O6SSi. The second kappa shape index (κ2) is 11.3. The number of rotatable bonds is 10. The molecule has 2 rings (SSSR count). The van der Waals surface area contributed by atoms with E-state index in [0.717, 1.165) is 28.6 Å². The molecule has 0 aromatic heterocycles. The van der Waals surface area contributed by atoms with E-state index in [-0.39, 0.29) is 16.7 Å². The molecule has 9 nitrogen and oxygen atoms in total. The summed E-state index contributed by atoms with van der Waals surface area (Å²) in [6, 6.07) is 4.04. The van der Waals surface area contributed by atoms with Crippen LogP contribution in [-0.2, 0) is 19.2 Å². The molecule has 0 aliphatic heterocycles. The van der Waals surface area contributed by atoms with Crippen molar-refractivity contribution < 1.29 is 22.6 Å². The van der Waals surface area contributed by atoms with E-state index in [1.54, 1.807) is 0 Å². The molecule has 34 heavy (non-hydrogen) atoms. The maximum Gasteiger partial charge on any atom is 0.269 e. The average molecular weight is 514 g/mol. The van der Waals surface area contributed by atoms with Gasteiger partial charge < -0.3 is 10.2 Å². The number of amides is 1. The Labute approximate surface area is 204 Å². The Morgan fingerprint density at radius 2 is 1.53 bits per heavy atom. The van der Waals surface area contributed by atoms with Crippen LogP contribution in [0.25, 0.3) is 0 Å². The quantitative estimate of drug-likeness (QED) is 0.275. The van der Waals surface area contributed by atoms with Gasteiger partial charge in [-0.15, -0.1) is 0 Å². The van der Waals surface area contributed by atoms with Crippen molar-refractivity contribution in [2.24, 2.45) is 5.73 Å². The minimum atomic E-state index is -4.20.